The zero-order valence-electron chi connectivity index (χ0n) is 10.9. The van der Waals surface area contributed by atoms with Crippen molar-refractivity contribution in [3.63, 3.8) is 0 Å². The Morgan fingerprint density at radius 1 is 1.56 bits per heavy atom. The van der Waals surface area contributed by atoms with Crippen LogP contribution < -0.4 is 5.56 Å². The number of aryl methyl sites for hydroxylation is 1. The van der Waals surface area contributed by atoms with Gasteiger partial charge in [-0.25, -0.2) is 4.79 Å². The molecule has 0 fully saturated rings. The molecule has 0 spiro atoms. The van der Waals surface area contributed by atoms with Gasteiger partial charge in [0.1, 0.15) is 0 Å². The molecule has 0 aliphatic rings. The van der Waals surface area contributed by atoms with Gasteiger partial charge in [-0.15, -0.1) is 12.3 Å². The van der Waals surface area contributed by atoms with E-state index in [0.29, 0.717) is 24.1 Å². The van der Waals surface area contributed by atoms with Gasteiger partial charge in [-0.2, -0.15) is 0 Å². The van der Waals surface area contributed by atoms with Crippen molar-refractivity contribution in [3.05, 3.63) is 33.2 Å². The molecule has 1 atom stereocenters. The highest BCUT2D eigenvalue weighted by Crippen LogP contribution is 2.19. The summed E-state index contributed by atoms with van der Waals surface area (Å²) in [5, 5.41) is 9.19. The lowest BCUT2D eigenvalue weighted by atomic mass is 10.0. The molecule has 0 aliphatic heterocycles. The van der Waals surface area contributed by atoms with Gasteiger partial charge in [0.2, 0.25) is 0 Å². The number of rotatable bonds is 4. The van der Waals surface area contributed by atoms with E-state index in [1.165, 1.54) is 10.6 Å². The molecular formula is C14H17NO3. The topological polar surface area (TPSA) is 59.3 Å². The van der Waals surface area contributed by atoms with Gasteiger partial charge in [0.15, 0.2) is 0 Å². The minimum atomic E-state index is -1.02. The number of aromatic carboxylic acids is 1. The maximum atomic E-state index is 12.0. The molecule has 1 unspecified atom stereocenters. The average Bonchev–Trinajstić information content (AvgIpc) is 2.26. The fraction of sp³-hybridized carbons (Fsp3) is 0.429. The van der Waals surface area contributed by atoms with Crippen LogP contribution in [0.3, 0.4) is 0 Å². The van der Waals surface area contributed by atoms with E-state index >= 15 is 0 Å². The Hall–Kier alpha value is -2.02. The molecular weight excluding hydrogens is 230 g/mol. The Morgan fingerprint density at radius 3 is 2.61 bits per heavy atom. The number of terminal acetylenes is 1. The fourth-order valence-electron chi connectivity index (χ4n) is 2.23. The van der Waals surface area contributed by atoms with Crippen molar-refractivity contribution < 1.29 is 9.90 Å². The molecule has 1 aromatic heterocycles. The normalized spacial score (nSPS) is 11.9. The molecule has 1 rings (SSSR count). The summed E-state index contributed by atoms with van der Waals surface area (Å²) in [5.41, 5.74) is 0.939. The molecule has 96 valence electrons. The Bertz CT molecular complexity index is 564. The molecule has 4 heteroatoms. The molecule has 4 nitrogen and oxygen atoms in total. The summed E-state index contributed by atoms with van der Waals surface area (Å²) in [7, 11) is 0. The van der Waals surface area contributed by atoms with Crippen molar-refractivity contribution in [2.75, 3.05) is 0 Å². The van der Waals surface area contributed by atoms with E-state index in [-0.39, 0.29) is 17.2 Å². The SMILES string of the molecule is C#CCC(CC)n1c(C)c(C(=O)O)c(C)cc1=O. The summed E-state index contributed by atoms with van der Waals surface area (Å²) >= 11 is 0. The number of carbonyl (C=O) groups is 1. The van der Waals surface area contributed by atoms with Crippen LogP contribution in [-0.4, -0.2) is 15.6 Å². The van der Waals surface area contributed by atoms with Crippen LogP contribution in [0.25, 0.3) is 0 Å². The number of pyridine rings is 1. The molecule has 0 saturated carbocycles. The van der Waals surface area contributed by atoms with Crippen molar-refractivity contribution in [2.45, 2.75) is 39.7 Å². The van der Waals surface area contributed by atoms with Crippen molar-refractivity contribution in [3.8, 4) is 12.3 Å². The largest absolute Gasteiger partial charge is 0.478 e. The van der Waals surface area contributed by atoms with E-state index in [9.17, 15) is 14.7 Å². The molecule has 1 N–H and O–H groups in total. The van der Waals surface area contributed by atoms with Crippen LogP contribution in [0, 0.1) is 26.2 Å². The quantitative estimate of drug-likeness (QED) is 0.829. The first kappa shape index (κ1) is 14.0. The summed E-state index contributed by atoms with van der Waals surface area (Å²) in [6, 6.07) is 1.21. The van der Waals surface area contributed by atoms with Crippen LogP contribution in [-0.2, 0) is 0 Å². The van der Waals surface area contributed by atoms with Gasteiger partial charge < -0.3 is 9.67 Å². The van der Waals surface area contributed by atoms with Gasteiger partial charge in [-0.05, 0) is 25.8 Å². The second-order valence-corrected chi connectivity index (χ2v) is 4.27. The second kappa shape index (κ2) is 5.54. The van der Waals surface area contributed by atoms with Crippen molar-refractivity contribution in [1.82, 2.24) is 4.57 Å². The predicted octanol–water partition coefficient (Wildman–Crippen LogP) is 2.14. The van der Waals surface area contributed by atoms with Crippen LogP contribution in [0.1, 0.15) is 47.4 Å². The van der Waals surface area contributed by atoms with Gasteiger partial charge in [0, 0.05) is 24.2 Å². The predicted molar refractivity (Wildman–Crippen MR) is 69.9 cm³/mol. The first-order valence-corrected chi connectivity index (χ1v) is 5.83. The third-order valence-electron chi connectivity index (χ3n) is 3.10. The molecule has 0 bridgehead atoms. The highest BCUT2D eigenvalue weighted by molar-refractivity contribution is 5.90. The van der Waals surface area contributed by atoms with Crippen LogP contribution in [0.5, 0.6) is 0 Å². The summed E-state index contributed by atoms with van der Waals surface area (Å²) in [6.07, 6.45) is 6.39. The van der Waals surface area contributed by atoms with Gasteiger partial charge >= 0.3 is 5.97 Å². The summed E-state index contributed by atoms with van der Waals surface area (Å²) < 4.78 is 1.50. The molecule has 1 heterocycles. The van der Waals surface area contributed by atoms with E-state index in [1.54, 1.807) is 13.8 Å². The number of nitrogens with zero attached hydrogens (tertiary/aromatic N) is 1. The van der Waals surface area contributed by atoms with Crippen LogP contribution in [0.2, 0.25) is 0 Å². The second-order valence-electron chi connectivity index (χ2n) is 4.27. The molecule has 0 radical (unpaired) electrons. The van der Waals surface area contributed by atoms with E-state index in [4.69, 9.17) is 6.42 Å². The number of carboxylic acids is 1. The number of carboxylic acid groups (broad SMARTS) is 1. The third kappa shape index (κ3) is 2.45. The highest BCUT2D eigenvalue weighted by Gasteiger charge is 2.19. The van der Waals surface area contributed by atoms with E-state index < -0.39 is 5.97 Å². The lowest BCUT2D eigenvalue weighted by Gasteiger charge is -2.21. The molecule has 1 aromatic rings. The smallest absolute Gasteiger partial charge is 0.337 e. The number of hydrogen-bond donors (Lipinski definition) is 1. The standard InChI is InChI=1S/C14H17NO3/c1-5-7-11(6-2)15-10(4)13(14(17)18)9(3)8-12(15)16/h1,8,11H,6-7H2,2-4H3,(H,17,18). The molecule has 18 heavy (non-hydrogen) atoms. The molecule has 0 aliphatic carbocycles. The average molecular weight is 247 g/mol. The zero-order chi connectivity index (χ0) is 13.9. The Kier molecular flexibility index (Phi) is 4.33. The summed E-state index contributed by atoms with van der Waals surface area (Å²) in [6.45, 7) is 5.20. The summed E-state index contributed by atoms with van der Waals surface area (Å²) in [4.78, 5) is 23.2. The fourth-order valence-corrected chi connectivity index (χ4v) is 2.23. The third-order valence-corrected chi connectivity index (χ3v) is 3.10. The van der Waals surface area contributed by atoms with E-state index in [2.05, 4.69) is 5.92 Å². The first-order chi connectivity index (χ1) is 8.43. The molecule has 0 saturated heterocycles. The van der Waals surface area contributed by atoms with Gasteiger partial charge in [0.25, 0.3) is 5.56 Å². The first-order valence-electron chi connectivity index (χ1n) is 5.83. The molecule has 0 aromatic carbocycles. The van der Waals surface area contributed by atoms with Gasteiger partial charge in [-0.3, -0.25) is 4.79 Å². The Balaban J connectivity index is 3.54. The van der Waals surface area contributed by atoms with Gasteiger partial charge in [0.05, 0.1) is 5.56 Å². The zero-order valence-corrected chi connectivity index (χ0v) is 10.9. The minimum absolute atomic E-state index is 0.152. The lowest BCUT2D eigenvalue weighted by molar-refractivity contribution is 0.0693. The highest BCUT2D eigenvalue weighted by atomic mass is 16.4. The van der Waals surface area contributed by atoms with Gasteiger partial charge in [-0.1, -0.05) is 6.92 Å². The van der Waals surface area contributed by atoms with E-state index in [0.717, 1.165) is 0 Å². The monoisotopic (exact) mass is 247 g/mol. The Labute approximate surface area is 106 Å². The van der Waals surface area contributed by atoms with Crippen LogP contribution in [0.4, 0.5) is 0 Å². The van der Waals surface area contributed by atoms with E-state index in [1.807, 2.05) is 6.92 Å². The number of aromatic nitrogens is 1. The minimum Gasteiger partial charge on any atom is -0.478 e. The van der Waals surface area contributed by atoms with Crippen LogP contribution >= 0.6 is 0 Å². The summed E-state index contributed by atoms with van der Waals surface area (Å²) in [5.74, 6) is 1.51. The van der Waals surface area contributed by atoms with Crippen LogP contribution in [0.15, 0.2) is 10.9 Å². The Morgan fingerprint density at radius 2 is 2.17 bits per heavy atom. The van der Waals surface area contributed by atoms with Crippen molar-refractivity contribution >= 4 is 5.97 Å². The van der Waals surface area contributed by atoms with Crippen molar-refractivity contribution in [1.29, 1.82) is 0 Å². The van der Waals surface area contributed by atoms with Crippen molar-refractivity contribution in [2.24, 2.45) is 0 Å². The number of hydrogen-bond acceptors (Lipinski definition) is 2. The lowest BCUT2D eigenvalue weighted by Crippen LogP contribution is -2.29. The maximum absolute atomic E-state index is 12.0. The molecule has 0 amide bonds. The maximum Gasteiger partial charge on any atom is 0.337 e.